The van der Waals surface area contributed by atoms with Crippen LogP contribution in [0.25, 0.3) is 0 Å². The van der Waals surface area contributed by atoms with Gasteiger partial charge in [-0.2, -0.15) is 0 Å². The number of rotatable bonds is 18. The number of hydrogen-bond donors (Lipinski definition) is 0. The van der Waals surface area contributed by atoms with E-state index < -0.39 is 35.2 Å². The zero-order valence-corrected chi connectivity index (χ0v) is 18.2. The Labute approximate surface area is 187 Å². The summed E-state index contributed by atoms with van der Waals surface area (Å²) in [4.78, 5) is 45.8. The number of esters is 4. The van der Waals surface area contributed by atoms with Crippen molar-refractivity contribution in [3.63, 3.8) is 0 Å². The largest absolute Gasteiger partial charge is 0.462 e. The van der Waals surface area contributed by atoms with Gasteiger partial charge in [-0.15, -0.1) is 0 Å². The topological polar surface area (TPSA) is 124 Å². The number of carbonyl (C=O) groups excluding carboxylic acids is 4. The van der Waals surface area contributed by atoms with Crippen molar-refractivity contribution in [3.8, 4) is 0 Å². The monoisotopic (exact) mass is 454 g/mol. The maximum atomic E-state index is 11.5. The normalized spacial score (nSPS) is 10.6. The number of hydrogen-bond acceptors (Lipinski definition) is 10. The Morgan fingerprint density at radius 2 is 1.06 bits per heavy atom. The smallest absolute Gasteiger partial charge is 0.330 e. The molecule has 0 aliphatic heterocycles. The Bertz CT molecular complexity index is 634. The van der Waals surface area contributed by atoms with Gasteiger partial charge in [0.2, 0.25) is 0 Å². The minimum atomic E-state index is -1.05. The molecule has 10 heteroatoms. The highest BCUT2D eigenvalue weighted by molar-refractivity contribution is 5.82. The number of ether oxygens (including phenoxy) is 6. The summed E-state index contributed by atoms with van der Waals surface area (Å²) < 4.78 is 31.2. The van der Waals surface area contributed by atoms with Gasteiger partial charge in [-0.25, -0.2) is 19.2 Å². The lowest BCUT2D eigenvalue weighted by Crippen LogP contribution is -2.43. The average Bonchev–Trinajstić information content (AvgIpc) is 2.81. The molecule has 0 aromatic carbocycles. The van der Waals surface area contributed by atoms with Gasteiger partial charge in [0.25, 0.3) is 0 Å². The van der Waals surface area contributed by atoms with Crippen molar-refractivity contribution in [2.45, 2.75) is 0 Å². The Morgan fingerprint density at radius 1 is 0.656 bits per heavy atom. The second-order valence-electron chi connectivity index (χ2n) is 6.61. The van der Waals surface area contributed by atoms with E-state index in [2.05, 4.69) is 26.3 Å². The molecular weight excluding hydrogens is 424 g/mol. The van der Waals surface area contributed by atoms with E-state index in [1.165, 1.54) is 7.11 Å². The van der Waals surface area contributed by atoms with Gasteiger partial charge in [-0.05, 0) is 0 Å². The summed E-state index contributed by atoms with van der Waals surface area (Å²) in [5.41, 5.74) is -1.05. The van der Waals surface area contributed by atoms with E-state index in [1.807, 2.05) is 0 Å². The van der Waals surface area contributed by atoms with Crippen LogP contribution in [0.15, 0.2) is 50.6 Å². The first-order valence-corrected chi connectivity index (χ1v) is 9.49. The summed E-state index contributed by atoms with van der Waals surface area (Å²) in [7, 11) is 1.42. The summed E-state index contributed by atoms with van der Waals surface area (Å²) in [5.74, 6) is -3.16. The first kappa shape index (κ1) is 28.8. The molecule has 0 saturated heterocycles. The quantitative estimate of drug-likeness (QED) is 0.169. The predicted molar refractivity (Wildman–Crippen MR) is 113 cm³/mol. The first-order valence-electron chi connectivity index (χ1n) is 9.49. The van der Waals surface area contributed by atoms with E-state index in [-0.39, 0.29) is 46.2 Å². The molecule has 0 aromatic rings. The molecule has 0 aliphatic rings. The zero-order valence-electron chi connectivity index (χ0n) is 18.2. The maximum Gasteiger partial charge on any atom is 0.330 e. The van der Waals surface area contributed by atoms with Gasteiger partial charge in [0.05, 0.1) is 44.4 Å². The fraction of sp³-hybridized carbons (Fsp3) is 0.455. The molecule has 10 nitrogen and oxygen atoms in total. The number of carbonyl (C=O) groups is 4. The third-order valence-corrected chi connectivity index (χ3v) is 3.84. The highest BCUT2D eigenvalue weighted by Gasteiger charge is 2.35. The molecule has 32 heavy (non-hydrogen) atoms. The van der Waals surface area contributed by atoms with Crippen LogP contribution < -0.4 is 0 Å². The standard InChI is InChI=1S/C22H30O10/c1-6-18(23)29-11-17(12-30-19(24)7-2)10-28-14-22(13-27-5,15-31-20(25)8-3)16-32-21(26)9-4/h6-9,17H,1-4,10-16H2,5H3. The summed E-state index contributed by atoms with van der Waals surface area (Å²) in [6.45, 7) is 12.6. The van der Waals surface area contributed by atoms with E-state index in [4.69, 9.17) is 28.4 Å². The van der Waals surface area contributed by atoms with Crippen LogP contribution in [0.5, 0.6) is 0 Å². The molecule has 0 spiro atoms. The Morgan fingerprint density at radius 3 is 1.44 bits per heavy atom. The van der Waals surface area contributed by atoms with Gasteiger partial charge in [0, 0.05) is 31.4 Å². The predicted octanol–water partition coefficient (Wildman–Crippen LogP) is 1.17. The molecule has 0 atom stereocenters. The average molecular weight is 454 g/mol. The van der Waals surface area contributed by atoms with Crippen LogP contribution in [-0.2, 0) is 47.6 Å². The van der Waals surface area contributed by atoms with Crippen LogP contribution in [0, 0.1) is 11.3 Å². The van der Waals surface area contributed by atoms with E-state index in [0.29, 0.717) is 0 Å². The lowest BCUT2D eigenvalue weighted by atomic mass is 9.92. The van der Waals surface area contributed by atoms with E-state index in [9.17, 15) is 19.2 Å². The van der Waals surface area contributed by atoms with Crippen LogP contribution in [0.1, 0.15) is 0 Å². The van der Waals surface area contributed by atoms with E-state index >= 15 is 0 Å². The van der Waals surface area contributed by atoms with E-state index in [1.54, 1.807) is 0 Å². The van der Waals surface area contributed by atoms with Gasteiger partial charge in [-0.3, -0.25) is 0 Å². The molecule has 0 N–H and O–H groups in total. The SMILES string of the molecule is C=CC(=O)OCC(COCC(COC)(COC(=O)C=C)COC(=O)C=C)COC(=O)C=C. The van der Waals surface area contributed by atoms with Crippen molar-refractivity contribution in [2.75, 3.05) is 53.4 Å². The zero-order chi connectivity index (χ0) is 24.4. The van der Waals surface area contributed by atoms with Gasteiger partial charge in [0.15, 0.2) is 0 Å². The van der Waals surface area contributed by atoms with Gasteiger partial charge < -0.3 is 28.4 Å². The summed E-state index contributed by atoms with van der Waals surface area (Å²) >= 11 is 0. The third kappa shape index (κ3) is 12.5. The van der Waals surface area contributed by atoms with Crippen molar-refractivity contribution >= 4 is 23.9 Å². The van der Waals surface area contributed by atoms with Crippen LogP contribution in [-0.4, -0.2) is 77.2 Å². The summed E-state index contributed by atoms with van der Waals surface area (Å²) in [6.07, 6.45) is 3.98. The van der Waals surface area contributed by atoms with Crippen LogP contribution in [0.3, 0.4) is 0 Å². The maximum absolute atomic E-state index is 11.5. The fourth-order valence-corrected chi connectivity index (χ4v) is 2.23. The first-order chi connectivity index (χ1) is 15.2. The Balaban J connectivity index is 5.25. The molecule has 0 amide bonds. The highest BCUT2D eigenvalue weighted by atomic mass is 16.6. The molecule has 178 valence electrons. The van der Waals surface area contributed by atoms with Crippen LogP contribution in [0.4, 0.5) is 0 Å². The molecule has 0 aromatic heterocycles. The lowest BCUT2D eigenvalue weighted by Gasteiger charge is -2.32. The second-order valence-corrected chi connectivity index (χ2v) is 6.61. The molecule has 0 bridgehead atoms. The molecular formula is C22H30O10. The van der Waals surface area contributed by atoms with Crippen LogP contribution >= 0.6 is 0 Å². The lowest BCUT2D eigenvalue weighted by molar-refractivity contribution is -0.157. The van der Waals surface area contributed by atoms with Gasteiger partial charge >= 0.3 is 23.9 Å². The molecule has 0 rings (SSSR count). The number of methoxy groups -OCH3 is 1. The second kappa shape index (κ2) is 16.5. The molecule has 0 aliphatic carbocycles. The van der Waals surface area contributed by atoms with E-state index in [0.717, 1.165) is 24.3 Å². The van der Waals surface area contributed by atoms with Crippen molar-refractivity contribution in [2.24, 2.45) is 11.3 Å². The van der Waals surface area contributed by atoms with Crippen molar-refractivity contribution in [1.82, 2.24) is 0 Å². The third-order valence-electron chi connectivity index (χ3n) is 3.84. The fourth-order valence-electron chi connectivity index (χ4n) is 2.23. The Hall–Kier alpha value is -3.24. The molecule has 0 heterocycles. The summed E-state index contributed by atoms with van der Waals surface area (Å²) in [5, 5.41) is 0. The minimum Gasteiger partial charge on any atom is -0.462 e. The van der Waals surface area contributed by atoms with Crippen molar-refractivity contribution < 1.29 is 47.6 Å². The molecule has 0 radical (unpaired) electrons. The van der Waals surface area contributed by atoms with Gasteiger partial charge in [0.1, 0.15) is 13.2 Å². The highest BCUT2D eigenvalue weighted by Crippen LogP contribution is 2.21. The van der Waals surface area contributed by atoms with Crippen molar-refractivity contribution in [1.29, 1.82) is 0 Å². The van der Waals surface area contributed by atoms with Crippen LogP contribution in [0.2, 0.25) is 0 Å². The molecule has 0 fully saturated rings. The van der Waals surface area contributed by atoms with Crippen molar-refractivity contribution in [3.05, 3.63) is 50.6 Å². The minimum absolute atomic E-state index is 0.00881. The summed E-state index contributed by atoms with van der Waals surface area (Å²) in [6, 6.07) is 0. The molecule has 0 saturated carbocycles. The Kier molecular flexibility index (Phi) is 14.8. The van der Waals surface area contributed by atoms with Gasteiger partial charge in [-0.1, -0.05) is 26.3 Å². The molecule has 0 unspecified atom stereocenters.